The highest BCUT2D eigenvalue weighted by Gasteiger charge is 2.47. The number of ketones is 1. The fraction of sp³-hybridized carbons (Fsp3) is 0.0435. The van der Waals surface area contributed by atoms with Crippen LogP contribution in [0.3, 0.4) is 0 Å². The zero-order valence-electron chi connectivity index (χ0n) is 15.4. The number of hydrogen-bond acceptors (Lipinski definition) is 4. The molecule has 4 rings (SSSR count). The smallest absolute Gasteiger partial charge is 0.300 e. The first-order chi connectivity index (χ1) is 14.4. The van der Waals surface area contributed by atoms with Gasteiger partial charge in [-0.3, -0.25) is 14.5 Å². The maximum absolute atomic E-state index is 13.9. The highest BCUT2D eigenvalue weighted by atomic mass is 79.9. The molecule has 3 aromatic rings. The first-order valence-corrected chi connectivity index (χ1v) is 9.77. The molecule has 5 nitrogen and oxygen atoms in total. The number of aromatic hydroxyl groups is 1. The molecule has 1 saturated heterocycles. The molecule has 0 aromatic heterocycles. The van der Waals surface area contributed by atoms with Crippen LogP contribution >= 0.6 is 15.9 Å². The van der Waals surface area contributed by atoms with Crippen LogP contribution in [0.5, 0.6) is 5.75 Å². The Morgan fingerprint density at radius 2 is 1.67 bits per heavy atom. The van der Waals surface area contributed by atoms with Crippen LogP contribution in [-0.2, 0) is 9.59 Å². The molecule has 3 aromatic carbocycles. The maximum Gasteiger partial charge on any atom is 0.300 e. The summed E-state index contributed by atoms with van der Waals surface area (Å²) in [5, 5.41) is 20.9. The number of phenols is 1. The number of aliphatic hydroxyl groups excluding tert-OH is 1. The van der Waals surface area contributed by atoms with Crippen LogP contribution in [0, 0.1) is 5.82 Å². The van der Waals surface area contributed by atoms with Gasteiger partial charge in [-0.15, -0.1) is 0 Å². The van der Waals surface area contributed by atoms with Crippen molar-refractivity contribution >= 4 is 39.1 Å². The highest BCUT2D eigenvalue weighted by molar-refractivity contribution is 9.10. The van der Waals surface area contributed by atoms with E-state index in [0.29, 0.717) is 11.1 Å². The summed E-state index contributed by atoms with van der Waals surface area (Å²) in [6, 6.07) is 16.9. The van der Waals surface area contributed by atoms with E-state index in [2.05, 4.69) is 15.9 Å². The number of halogens is 2. The van der Waals surface area contributed by atoms with Crippen LogP contribution < -0.4 is 4.90 Å². The van der Waals surface area contributed by atoms with E-state index < -0.39 is 23.5 Å². The summed E-state index contributed by atoms with van der Waals surface area (Å²) in [6.07, 6.45) is 0. The van der Waals surface area contributed by atoms with Gasteiger partial charge in [0.25, 0.3) is 11.7 Å². The number of benzene rings is 3. The Morgan fingerprint density at radius 1 is 0.967 bits per heavy atom. The van der Waals surface area contributed by atoms with Gasteiger partial charge in [-0.25, -0.2) is 4.39 Å². The van der Waals surface area contributed by atoms with Crippen LogP contribution in [0.2, 0.25) is 0 Å². The monoisotopic (exact) mass is 467 g/mol. The Labute approximate surface area is 179 Å². The molecular weight excluding hydrogens is 453 g/mol. The summed E-state index contributed by atoms with van der Waals surface area (Å²) in [5.74, 6) is -2.79. The Kier molecular flexibility index (Phi) is 5.13. The molecule has 0 spiro atoms. The SMILES string of the molecule is O=C1C(=O)N(c2cccc(F)c2)C(c2cccc(O)c2)/C1=C(\O)c1ccc(Br)cc1. The van der Waals surface area contributed by atoms with Gasteiger partial charge in [-0.1, -0.05) is 46.3 Å². The number of carbonyl (C=O) groups is 2. The van der Waals surface area contributed by atoms with E-state index in [-0.39, 0.29) is 22.8 Å². The molecule has 1 heterocycles. The second-order valence-corrected chi connectivity index (χ2v) is 7.67. The summed E-state index contributed by atoms with van der Waals surface area (Å²) in [7, 11) is 0. The molecule has 1 unspecified atom stereocenters. The van der Waals surface area contributed by atoms with Crippen molar-refractivity contribution in [3.8, 4) is 5.75 Å². The van der Waals surface area contributed by atoms with Gasteiger partial charge in [0.1, 0.15) is 17.3 Å². The molecule has 1 atom stereocenters. The normalized spacial score (nSPS) is 18.1. The lowest BCUT2D eigenvalue weighted by molar-refractivity contribution is -0.132. The van der Waals surface area contributed by atoms with Crippen LogP contribution in [0.25, 0.3) is 5.76 Å². The minimum Gasteiger partial charge on any atom is -0.508 e. The number of Topliss-reactive ketones (excluding diaryl/α,β-unsaturated/α-hetero) is 1. The Bertz CT molecular complexity index is 1190. The second kappa shape index (κ2) is 7.76. The third-order valence-corrected chi connectivity index (χ3v) is 5.36. The summed E-state index contributed by atoms with van der Waals surface area (Å²) < 4.78 is 14.6. The molecule has 0 radical (unpaired) electrons. The van der Waals surface area contributed by atoms with Crippen molar-refractivity contribution in [1.29, 1.82) is 0 Å². The molecule has 30 heavy (non-hydrogen) atoms. The van der Waals surface area contributed by atoms with Crippen molar-refractivity contribution in [1.82, 2.24) is 0 Å². The lowest BCUT2D eigenvalue weighted by Crippen LogP contribution is -2.29. The zero-order valence-corrected chi connectivity index (χ0v) is 17.0. The average molecular weight is 468 g/mol. The first-order valence-electron chi connectivity index (χ1n) is 8.98. The van der Waals surface area contributed by atoms with Gasteiger partial charge in [0, 0.05) is 15.7 Å². The van der Waals surface area contributed by atoms with Crippen molar-refractivity contribution in [2.45, 2.75) is 6.04 Å². The van der Waals surface area contributed by atoms with Gasteiger partial charge >= 0.3 is 0 Å². The average Bonchev–Trinajstić information content (AvgIpc) is 2.99. The fourth-order valence-corrected chi connectivity index (χ4v) is 3.76. The molecule has 1 fully saturated rings. The van der Waals surface area contributed by atoms with E-state index in [1.807, 2.05) is 0 Å². The van der Waals surface area contributed by atoms with Gasteiger partial charge in [-0.2, -0.15) is 0 Å². The summed E-state index contributed by atoms with van der Waals surface area (Å²) in [4.78, 5) is 27.0. The van der Waals surface area contributed by atoms with E-state index in [4.69, 9.17) is 0 Å². The molecule has 1 aliphatic heterocycles. The molecule has 0 aliphatic carbocycles. The second-order valence-electron chi connectivity index (χ2n) is 6.75. The Hall–Kier alpha value is -3.45. The molecule has 150 valence electrons. The van der Waals surface area contributed by atoms with E-state index in [1.165, 1.54) is 30.3 Å². The molecule has 0 bridgehead atoms. The third-order valence-electron chi connectivity index (χ3n) is 4.83. The van der Waals surface area contributed by atoms with E-state index in [9.17, 15) is 24.2 Å². The van der Waals surface area contributed by atoms with Crippen molar-refractivity contribution in [2.24, 2.45) is 0 Å². The number of amides is 1. The predicted molar refractivity (Wildman–Crippen MR) is 113 cm³/mol. The summed E-state index contributed by atoms with van der Waals surface area (Å²) in [6.45, 7) is 0. The number of aliphatic hydroxyl groups is 1. The molecule has 7 heteroatoms. The molecule has 2 N–H and O–H groups in total. The largest absolute Gasteiger partial charge is 0.508 e. The third kappa shape index (κ3) is 3.48. The van der Waals surface area contributed by atoms with Crippen molar-refractivity contribution < 1.29 is 24.2 Å². The number of anilines is 1. The lowest BCUT2D eigenvalue weighted by atomic mass is 9.95. The van der Waals surface area contributed by atoms with Crippen molar-refractivity contribution in [3.05, 3.63) is 99.8 Å². The Balaban J connectivity index is 1.96. The van der Waals surface area contributed by atoms with Gasteiger partial charge in [-0.05, 0) is 48.0 Å². The first kappa shape index (κ1) is 19.8. The molecule has 1 amide bonds. The minimum absolute atomic E-state index is 0.0685. The van der Waals surface area contributed by atoms with Crippen LogP contribution in [0.4, 0.5) is 10.1 Å². The predicted octanol–water partition coefficient (Wildman–Crippen LogP) is 4.92. The quantitative estimate of drug-likeness (QED) is 0.325. The highest BCUT2D eigenvalue weighted by Crippen LogP contribution is 2.42. The molecule has 1 aliphatic rings. The summed E-state index contributed by atoms with van der Waals surface area (Å²) in [5.41, 5.74) is 0.773. The van der Waals surface area contributed by atoms with Gasteiger partial charge < -0.3 is 10.2 Å². The number of nitrogens with zero attached hydrogens (tertiary/aromatic N) is 1. The van der Waals surface area contributed by atoms with Gasteiger partial charge in [0.2, 0.25) is 0 Å². The maximum atomic E-state index is 13.9. The van der Waals surface area contributed by atoms with Crippen molar-refractivity contribution in [2.75, 3.05) is 4.90 Å². The number of carbonyl (C=O) groups excluding carboxylic acids is 2. The lowest BCUT2D eigenvalue weighted by Gasteiger charge is -2.25. The number of rotatable bonds is 3. The summed E-state index contributed by atoms with van der Waals surface area (Å²) >= 11 is 3.31. The number of phenolic OH excluding ortho intramolecular Hbond substituents is 1. The van der Waals surface area contributed by atoms with Crippen LogP contribution in [-0.4, -0.2) is 21.9 Å². The van der Waals surface area contributed by atoms with E-state index in [1.54, 1.807) is 36.4 Å². The van der Waals surface area contributed by atoms with Crippen molar-refractivity contribution in [3.63, 3.8) is 0 Å². The fourth-order valence-electron chi connectivity index (χ4n) is 3.50. The van der Waals surface area contributed by atoms with E-state index in [0.717, 1.165) is 15.4 Å². The number of hydrogen-bond donors (Lipinski definition) is 2. The van der Waals surface area contributed by atoms with Gasteiger partial charge in [0.05, 0.1) is 11.6 Å². The topological polar surface area (TPSA) is 77.8 Å². The van der Waals surface area contributed by atoms with Crippen LogP contribution in [0.15, 0.2) is 82.8 Å². The molecular formula is C23H15BrFNO4. The van der Waals surface area contributed by atoms with E-state index >= 15 is 0 Å². The van der Waals surface area contributed by atoms with Gasteiger partial charge in [0.15, 0.2) is 0 Å². The standard InChI is InChI=1S/C23H15BrFNO4/c24-15-9-7-13(8-10-15)21(28)19-20(14-3-1-6-18(27)11-14)26(23(30)22(19)29)17-5-2-4-16(25)12-17/h1-12,20,27-28H/b21-19+. The minimum atomic E-state index is -1.04. The zero-order chi connectivity index (χ0) is 21.4. The Morgan fingerprint density at radius 3 is 2.33 bits per heavy atom. The van der Waals surface area contributed by atoms with Crippen LogP contribution in [0.1, 0.15) is 17.2 Å². The molecule has 0 saturated carbocycles.